The molecule has 6 aliphatic rings. The SMILES string of the molecule is O=C1C/C=C\C[C@@]2(O)C[C@@]3(O)CC=CC[C@]3(C1)O2.O=C1C/C=C\C[C@]2(O)C[C@]3(O)CC=CC[C@@]3(C1)O2. The molecule has 8 heteroatoms. The molecule has 4 heterocycles. The van der Waals surface area contributed by atoms with E-state index < -0.39 is 34.0 Å². The van der Waals surface area contributed by atoms with Gasteiger partial charge in [-0.15, -0.1) is 0 Å². The number of Topliss-reactive ketones (excluding diaryl/α,β-unsaturated/α-hetero) is 2. The number of ketones is 2. The van der Waals surface area contributed by atoms with Crippen LogP contribution in [0.1, 0.15) is 77.0 Å². The van der Waals surface area contributed by atoms with Gasteiger partial charge in [-0.1, -0.05) is 48.6 Å². The Morgan fingerprint density at radius 3 is 1.31 bits per heavy atom. The first-order chi connectivity index (χ1) is 16.9. The van der Waals surface area contributed by atoms with Crippen molar-refractivity contribution in [3.63, 3.8) is 0 Å². The third-order valence-electron chi connectivity index (χ3n) is 8.61. The first-order valence-corrected chi connectivity index (χ1v) is 12.9. The molecule has 4 aliphatic heterocycles. The molecule has 36 heavy (non-hydrogen) atoms. The lowest BCUT2D eigenvalue weighted by molar-refractivity contribution is -0.232. The van der Waals surface area contributed by atoms with E-state index >= 15 is 0 Å². The van der Waals surface area contributed by atoms with Gasteiger partial charge >= 0.3 is 0 Å². The Balaban J connectivity index is 0.000000148. The molecule has 2 aliphatic carbocycles. The van der Waals surface area contributed by atoms with Crippen molar-refractivity contribution in [3.8, 4) is 0 Å². The summed E-state index contributed by atoms with van der Waals surface area (Å²) >= 11 is 0. The zero-order valence-corrected chi connectivity index (χ0v) is 20.5. The van der Waals surface area contributed by atoms with Crippen LogP contribution in [-0.4, -0.2) is 66.0 Å². The standard InChI is InChI=1S/2C14H18O4/c2*15-11-5-1-2-8-14(17)10-12(16)6-3-4-7-13(12,9-11)18-14/h2*1-4,16-17H,5-10H2/b2*2-1-/t2*12-,13+,14-/m10/s1. The number of hydrogen-bond donors (Lipinski definition) is 4. The van der Waals surface area contributed by atoms with Crippen molar-refractivity contribution in [3.05, 3.63) is 48.6 Å². The molecule has 6 rings (SSSR count). The molecule has 0 amide bonds. The fraction of sp³-hybridized carbons (Fsp3) is 0.643. The van der Waals surface area contributed by atoms with Crippen LogP contribution < -0.4 is 0 Å². The van der Waals surface area contributed by atoms with Gasteiger partial charge in [-0.2, -0.15) is 0 Å². The maximum Gasteiger partial charge on any atom is 0.172 e. The van der Waals surface area contributed by atoms with Crippen LogP contribution in [0.3, 0.4) is 0 Å². The van der Waals surface area contributed by atoms with Gasteiger partial charge in [0.15, 0.2) is 11.6 Å². The van der Waals surface area contributed by atoms with Crippen LogP contribution >= 0.6 is 0 Å². The molecule has 2 spiro atoms. The van der Waals surface area contributed by atoms with E-state index in [2.05, 4.69) is 0 Å². The second-order valence-corrected chi connectivity index (χ2v) is 11.5. The number of aliphatic hydroxyl groups is 4. The molecule has 196 valence electrons. The number of fused-ring (bicyclic) bond motifs is 2. The van der Waals surface area contributed by atoms with Gasteiger partial charge < -0.3 is 29.9 Å². The average Bonchev–Trinajstić information content (AvgIpc) is 3.21. The molecule has 4 N–H and O–H groups in total. The predicted octanol–water partition coefficient (Wildman–Crippen LogP) is 2.45. The molecule has 0 aromatic heterocycles. The number of allylic oxidation sites excluding steroid dienone is 2. The number of carbonyl (C=O) groups is 2. The van der Waals surface area contributed by atoms with E-state index in [1.807, 2.05) is 24.3 Å². The van der Waals surface area contributed by atoms with Gasteiger partial charge in [-0.25, -0.2) is 0 Å². The summed E-state index contributed by atoms with van der Waals surface area (Å²) in [7, 11) is 0. The highest BCUT2D eigenvalue weighted by Gasteiger charge is 2.65. The molecule has 8 nitrogen and oxygen atoms in total. The topological polar surface area (TPSA) is 134 Å². The largest absolute Gasteiger partial charge is 0.386 e. The van der Waals surface area contributed by atoms with Crippen LogP contribution in [-0.2, 0) is 19.1 Å². The van der Waals surface area contributed by atoms with E-state index in [1.165, 1.54) is 0 Å². The van der Waals surface area contributed by atoms with Crippen LogP contribution in [0, 0.1) is 0 Å². The fourth-order valence-corrected chi connectivity index (χ4v) is 6.83. The van der Waals surface area contributed by atoms with Crippen molar-refractivity contribution in [2.75, 3.05) is 0 Å². The summed E-state index contributed by atoms with van der Waals surface area (Å²) in [6, 6.07) is 0. The Labute approximate surface area is 211 Å². The Bertz CT molecular complexity index is 964. The highest BCUT2D eigenvalue weighted by atomic mass is 16.7. The summed E-state index contributed by atoms with van der Waals surface area (Å²) in [6.45, 7) is 0. The first kappa shape index (κ1) is 25.7. The van der Waals surface area contributed by atoms with E-state index in [1.54, 1.807) is 24.3 Å². The molecule has 0 aromatic rings. The van der Waals surface area contributed by atoms with Gasteiger partial charge in [-0.3, -0.25) is 9.59 Å². The van der Waals surface area contributed by atoms with Crippen LogP contribution in [0.15, 0.2) is 48.6 Å². The lowest BCUT2D eigenvalue weighted by Gasteiger charge is -2.41. The van der Waals surface area contributed by atoms with Gasteiger partial charge in [0, 0.05) is 51.4 Å². The zero-order chi connectivity index (χ0) is 25.7. The predicted molar refractivity (Wildman–Crippen MR) is 129 cm³/mol. The van der Waals surface area contributed by atoms with Crippen molar-refractivity contribution in [2.45, 2.75) is 111 Å². The average molecular weight is 501 g/mol. The van der Waals surface area contributed by atoms with Gasteiger partial charge in [0.25, 0.3) is 0 Å². The van der Waals surface area contributed by atoms with Crippen molar-refractivity contribution < 1.29 is 39.5 Å². The van der Waals surface area contributed by atoms with Gasteiger partial charge in [-0.05, 0) is 25.7 Å². The molecule has 2 fully saturated rings. The van der Waals surface area contributed by atoms with E-state index in [0.717, 1.165) is 0 Å². The second kappa shape index (κ2) is 8.82. The van der Waals surface area contributed by atoms with Crippen molar-refractivity contribution >= 4 is 11.6 Å². The summed E-state index contributed by atoms with van der Waals surface area (Å²) in [5.74, 6) is -2.60. The van der Waals surface area contributed by atoms with E-state index in [9.17, 15) is 30.0 Å². The van der Waals surface area contributed by atoms with E-state index in [4.69, 9.17) is 9.47 Å². The molecular weight excluding hydrogens is 464 g/mol. The molecule has 0 radical (unpaired) electrons. The molecule has 6 atom stereocenters. The smallest absolute Gasteiger partial charge is 0.172 e. The lowest BCUT2D eigenvalue weighted by atomic mass is 9.71. The summed E-state index contributed by atoms with van der Waals surface area (Å²) in [5.41, 5.74) is -4.14. The molecule has 0 unspecified atom stereocenters. The maximum absolute atomic E-state index is 11.9. The van der Waals surface area contributed by atoms with Gasteiger partial charge in [0.05, 0.1) is 0 Å². The van der Waals surface area contributed by atoms with Gasteiger partial charge in [0.1, 0.15) is 34.0 Å². The lowest BCUT2D eigenvalue weighted by Crippen LogP contribution is -2.53. The Morgan fingerprint density at radius 2 is 0.889 bits per heavy atom. The summed E-state index contributed by atoms with van der Waals surface area (Å²) in [4.78, 5) is 23.8. The minimum atomic E-state index is -1.35. The molecular formula is C28H36O8. The Morgan fingerprint density at radius 1 is 0.528 bits per heavy atom. The second-order valence-electron chi connectivity index (χ2n) is 11.5. The third-order valence-corrected chi connectivity index (χ3v) is 8.61. The number of rotatable bonds is 0. The van der Waals surface area contributed by atoms with Crippen molar-refractivity contribution in [1.82, 2.24) is 0 Å². The van der Waals surface area contributed by atoms with Crippen LogP contribution in [0.2, 0.25) is 0 Å². The monoisotopic (exact) mass is 500 g/mol. The number of carbonyl (C=O) groups excluding carboxylic acids is 2. The minimum Gasteiger partial charge on any atom is -0.386 e. The number of hydrogen-bond acceptors (Lipinski definition) is 8. The highest BCUT2D eigenvalue weighted by Crippen LogP contribution is 2.55. The maximum atomic E-state index is 11.9. The summed E-state index contributed by atoms with van der Waals surface area (Å²) in [6.07, 6.45) is 18.6. The van der Waals surface area contributed by atoms with Crippen molar-refractivity contribution in [1.29, 1.82) is 0 Å². The Kier molecular flexibility index (Phi) is 6.30. The van der Waals surface area contributed by atoms with Crippen LogP contribution in [0.4, 0.5) is 0 Å². The third kappa shape index (κ3) is 4.38. The zero-order valence-electron chi connectivity index (χ0n) is 20.5. The highest BCUT2D eigenvalue weighted by molar-refractivity contribution is 5.82. The Hall–Kier alpha value is -1.94. The minimum absolute atomic E-state index is 0.0473. The first-order valence-electron chi connectivity index (χ1n) is 12.9. The normalized spacial score (nSPS) is 49.1. The molecule has 0 saturated carbocycles. The summed E-state index contributed by atoms with van der Waals surface area (Å²) in [5, 5.41) is 42.5. The quantitative estimate of drug-likeness (QED) is 0.373. The van der Waals surface area contributed by atoms with Crippen LogP contribution in [0.5, 0.6) is 0 Å². The summed E-state index contributed by atoms with van der Waals surface area (Å²) < 4.78 is 11.6. The molecule has 0 aromatic carbocycles. The van der Waals surface area contributed by atoms with Crippen LogP contribution in [0.25, 0.3) is 0 Å². The molecule has 2 saturated heterocycles. The fourth-order valence-electron chi connectivity index (χ4n) is 6.83. The van der Waals surface area contributed by atoms with E-state index in [0.29, 0.717) is 51.4 Å². The van der Waals surface area contributed by atoms with E-state index in [-0.39, 0.29) is 37.2 Å². The number of ether oxygens (including phenoxy) is 2. The van der Waals surface area contributed by atoms with Gasteiger partial charge in [0.2, 0.25) is 0 Å². The van der Waals surface area contributed by atoms with Crippen molar-refractivity contribution in [2.24, 2.45) is 0 Å². The molecule has 4 bridgehead atoms.